The molecule has 0 spiro atoms. The van der Waals surface area contributed by atoms with Crippen molar-refractivity contribution >= 4 is 11.4 Å². The van der Waals surface area contributed by atoms with Crippen molar-refractivity contribution in [2.24, 2.45) is 0 Å². The first-order valence-corrected chi connectivity index (χ1v) is 4.63. The Kier molecular flexibility index (Phi) is 3.76. The average molecular weight is 212 g/mol. The molecular formula is C12H15KN+. The summed E-state index contributed by atoms with van der Waals surface area (Å²) >= 11 is 0. The fourth-order valence-corrected chi connectivity index (χ4v) is 2.01. The van der Waals surface area contributed by atoms with Crippen molar-refractivity contribution in [1.82, 2.24) is 0 Å². The van der Waals surface area contributed by atoms with Crippen molar-refractivity contribution < 1.29 is 56.0 Å². The van der Waals surface area contributed by atoms with Gasteiger partial charge in [-0.25, -0.2) is 4.58 Å². The molecule has 0 radical (unpaired) electrons. The number of hydrogen-bond acceptors (Lipinski definition) is 0. The van der Waals surface area contributed by atoms with Crippen LogP contribution in [0.5, 0.6) is 0 Å². The maximum absolute atomic E-state index is 3.15. The van der Waals surface area contributed by atoms with Crippen LogP contribution in [-0.4, -0.2) is 17.3 Å². The van der Waals surface area contributed by atoms with Crippen molar-refractivity contribution in [3.05, 3.63) is 29.8 Å². The van der Waals surface area contributed by atoms with Gasteiger partial charge in [-0.2, -0.15) is 18.2 Å². The summed E-state index contributed by atoms with van der Waals surface area (Å²) in [5, 5.41) is 0. The van der Waals surface area contributed by atoms with E-state index in [4.69, 9.17) is 0 Å². The van der Waals surface area contributed by atoms with E-state index in [2.05, 4.69) is 50.6 Å². The van der Waals surface area contributed by atoms with E-state index in [1.54, 1.807) is 0 Å². The second kappa shape index (κ2) is 4.18. The zero-order chi connectivity index (χ0) is 9.64. The topological polar surface area (TPSA) is 3.01 Å². The summed E-state index contributed by atoms with van der Waals surface area (Å²) < 4.78 is 2.27. The van der Waals surface area contributed by atoms with Crippen molar-refractivity contribution in [3.8, 4) is 0 Å². The number of nitrogens with zero attached hydrogens (tertiary/aromatic N) is 1. The van der Waals surface area contributed by atoms with Crippen LogP contribution >= 0.6 is 0 Å². The summed E-state index contributed by atoms with van der Waals surface area (Å²) in [6, 6.07) is 9.36. The molecule has 2 rings (SSSR count). The molecule has 0 saturated carbocycles. The molecule has 0 saturated heterocycles. The van der Waals surface area contributed by atoms with Crippen LogP contribution in [0.1, 0.15) is 26.3 Å². The summed E-state index contributed by atoms with van der Waals surface area (Å²) in [7, 11) is 2.13. The van der Waals surface area contributed by atoms with Gasteiger partial charge in [0.2, 0.25) is 0 Å². The first-order chi connectivity index (χ1) is 6.05. The van der Waals surface area contributed by atoms with E-state index in [1.165, 1.54) is 17.0 Å². The Morgan fingerprint density at radius 3 is 2.57 bits per heavy atom. The number of hydrogen-bond donors (Lipinski definition) is 0. The molecule has 1 aromatic rings. The summed E-state index contributed by atoms with van der Waals surface area (Å²) in [6.07, 6.45) is 0. The third-order valence-corrected chi connectivity index (χ3v) is 3.28. The summed E-state index contributed by atoms with van der Waals surface area (Å²) in [5.74, 6) is 0. The standard InChI is InChI=1S/C12H15N.K/c1-9-12(2,3)10-7-5-6-8-11(10)13(9)4;/h6-8H,1-4H3;/q;+1. The quantitative estimate of drug-likeness (QED) is 0.310. The molecular weight excluding hydrogens is 197 g/mol. The Morgan fingerprint density at radius 1 is 1.36 bits per heavy atom. The van der Waals surface area contributed by atoms with Crippen LogP contribution in [-0.2, 0) is 5.41 Å². The number of rotatable bonds is 0. The normalized spacial score (nSPS) is 17.7. The van der Waals surface area contributed by atoms with Crippen molar-refractivity contribution in [1.29, 1.82) is 0 Å². The number of fused-ring (bicyclic) bond motifs is 1. The Balaban J connectivity index is 0.000000980. The van der Waals surface area contributed by atoms with Gasteiger partial charge in [-0.15, -0.1) is 6.07 Å². The first-order valence-electron chi connectivity index (χ1n) is 4.63. The summed E-state index contributed by atoms with van der Waals surface area (Å²) in [5.41, 5.74) is 4.28. The monoisotopic (exact) mass is 212 g/mol. The van der Waals surface area contributed by atoms with Crippen LogP contribution in [0.2, 0.25) is 0 Å². The third kappa shape index (κ3) is 1.67. The van der Waals surface area contributed by atoms with E-state index < -0.39 is 0 Å². The second-order valence-corrected chi connectivity index (χ2v) is 4.21. The van der Waals surface area contributed by atoms with Crippen LogP contribution in [0.3, 0.4) is 0 Å². The molecule has 14 heavy (non-hydrogen) atoms. The molecule has 1 aliphatic rings. The van der Waals surface area contributed by atoms with Crippen LogP contribution in [0.4, 0.5) is 5.69 Å². The molecule has 0 fully saturated rings. The maximum Gasteiger partial charge on any atom is 1.00 e. The minimum Gasteiger partial charge on any atom is -0.225 e. The smallest absolute Gasteiger partial charge is 0.225 e. The SMILES string of the molecule is CC1=[N+](C)c2cc[c-]cc2C1(C)C.[K+]. The molecule has 0 aliphatic carbocycles. The van der Waals surface area contributed by atoms with Gasteiger partial charge in [0.25, 0.3) is 0 Å². The molecule has 1 aliphatic heterocycles. The van der Waals surface area contributed by atoms with Crippen molar-refractivity contribution in [3.63, 3.8) is 0 Å². The number of benzene rings is 1. The van der Waals surface area contributed by atoms with E-state index in [-0.39, 0.29) is 56.8 Å². The van der Waals surface area contributed by atoms with Gasteiger partial charge >= 0.3 is 51.4 Å². The van der Waals surface area contributed by atoms with Gasteiger partial charge in [-0.1, -0.05) is 19.4 Å². The predicted molar refractivity (Wildman–Crippen MR) is 54.8 cm³/mol. The van der Waals surface area contributed by atoms with Crippen molar-refractivity contribution in [2.45, 2.75) is 26.2 Å². The van der Waals surface area contributed by atoms with Crippen LogP contribution < -0.4 is 51.4 Å². The predicted octanol–water partition coefficient (Wildman–Crippen LogP) is -0.483. The van der Waals surface area contributed by atoms with E-state index in [0.717, 1.165) is 0 Å². The van der Waals surface area contributed by atoms with E-state index in [0.29, 0.717) is 0 Å². The summed E-state index contributed by atoms with van der Waals surface area (Å²) in [4.78, 5) is 0. The molecule has 0 unspecified atom stereocenters. The molecule has 0 bridgehead atoms. The van der Waals surface area contributed by atoms with Gasteiger partial charge in [0.15, 0.2) is 5.71 Å². The Bertz CT molecular complexity index is 391. The Morgan fingerprint density at radius 2 is 2.00 bits per heavy atom. The third-order valence-electron chi connectivity index (χ3n) is 3.28. The molecule has 0 N–H and O–H groups in total. The Labute approximate surface area is 129 Å². The molecule has 2 heteroatoms. The minimum atomic E-state index is 0. The molecule has 0 atom stereocenters. The van der Waals surface area contributed by atoms with Gasteiger partial charge in [0.05, 0.1) is 0 Å². The fourth-order valence-electron chi connectivity index (χ4n) is 2.01. The molecule has 68 valence electrons. The van der Waals surface area contributed by atoms with Gasteiger partial charge in [-0.05, 0) is 0 Å². The van der Waals surface area contributed by atoms with E-state index >= 15 is 0 Å². The Hall–Kier alpha value is 0.526. The maximum atomic E-state index is 3.15. The zero-order valence-corrected chi connectivity index (χ0v) is 12.8. The van der Waals surface area contributed by atoms with Crippen molar-refractivity contribution in [2.75, 3.05) is 7.05 Å². The zero-order valence-electron chi connectivity index (χ0n) is 9.68. The van der Waals surface area contributed by atoms with Gasteiger partial charge < -0.3 is 0 Å². The molecule has 1 nitrogen and oxygen atoms in total. The van der Waals surface area contributed by atoms with Gasteiger partial charge in [0.1, 0.15) is 12.7 Å². The van der Waals surface area contributed by atoms with Gasteiger partial charge in [-0.3, -0.25) is 0 Å². The largest absolute Gasteiger partial charge is 1.00 e. The van der Waals surface area contributed by atoms with Crippen LogP contribution in [0, 0.1) is 6.07 Å². The van der Waals surface area contributed by atoms with Gasteiger partial charge in [0, 0.05) is 12.3 Å². The van der Waals surface area contributed by atoms with E-state index in [1.807, 2.05) is 6.07 Å². The molecule has 0 amide bonds. The molecule has 1 heterocycles. The van der Waals surface area contributed by atoms with E-state index in [9.17, 15) is 0 Å². The van der Waals surface area contributed by atoms with Crippen LogP contribution in [0.25, 0.3) is 0 Å². The molecule has 1 aromatic carbocycles. The fraction of sp³-hybridized carbons (Fsp3) is 0.417. The summed E-state index contributed by atoms with van der Waals surface area (Å²) in [6.45, 7) is 6.72. The molecule has 0 aromatic heterocycles. The first kappa shape index (κ1) is 12.6. The van der Waals surface area contributed by atoms with Crippen LogP contribution in [0.15, 0.2) is 18.2 Å². The average Bonchev–Trinajstić information content (AvgIpc) is 2.30. The second-order valence-electron chi connectivity index (χ2n) is 4.21. The minimum absolute atomic E-state index is 0.